The molecule has 0 spiro atoms. The fraction of sp³-hybridized carbons (Fsp3) is 1.00. The smallest absolute Gasteiger partial charge is 0.171 e. The minimum Gasteiger partial charge on any atom is -0.171 e. The number of hydrogen-bond acceptors (Lipinski definition) is 0. The summed E-state index contributed by atoms with van der Waals surface area (Å²) in [7, 11) is 0. The van der Waals surface area contributed by atoms with Gasteiger partial charge >= 0.3 is 6.18 Å². The molecule has 3 heteroatoms. The molecular weight excluding hydrogens is 165 g/mol. The van der Waals surface area contributed by atoms with Gasteiger partial charge in [-0.15, -0.1) is 0 Å². The second-order valence-electron chi connectivity index (χ2n) is 4.29. The van der Waals surface area contributed by atoms with Crippen molar-refractivity contribution in [2.75, 3.05) is 0 Å². The van der Waals surface area contributed by atoms with Crippen molar-refractivity contribution in [3.63, 3.8) is 0 Å². The minimum absolute atomic E-state index is 0.246. The molecule has 0 N–H and O–H groups in total. The molecule has 0 saturated carbocycles. The SMILES string of the molecule is CC[C@H](CC(F)(F)F)C(C)(C)C. The van der Waals surface area contributed by atoms with E-state index in [9.17, 15) is 13.2 Å². The molecular formula is C9H17F3. The summed E-state index contributed by atoms with van der Waals surface area (Å²) in [5.41, 5.74) is -0.246. The van der Waals surface area contributed by atoms with Crippen LogP contribution in [0.1, 0.15) is 40.5 Å². The molecule has 0 aliphatic heterocycles. The zero-order valence-corrected chi connectivity index (χ0v) is 8.13. The first-order valence-electron chi connectivity index (χ1n) is 4.23. The van der Waals surface area contributed by atoms with Gasteiger partial charge in [-0.3, -0.25) is 0 Å². The van der Waals surface area contributed by atoms with E-state index in [2.05, 4.69) is 0 Å². The first-order valence-corrected chi connectivity index (χ1v) is 4.23. The molecule has 0 radical (unpaired) electrons. The molecule has 74 valence electrons. The zero-order chi connectivity index (χ0) is 9.99. The number of halogens is 3. The van der Waals surface area contributed by atoms with Crippen LogP contribution >= 0.6 is 0 Å². The highest BCUT2D eigenvalue weighted by molar-refractivity contribution is 4.75. The van der Waals surface area contributed by atoms with Crippen LogP contribution in [0.2, 0.25) is 0 Å². The highest BCUT2D eigenvalue weighted by Crippen LogP contribution is 2.37. The Hall–Kier alpha value is -0.210. The maximum atomic E-state index is 12.0. The summed E-state index contributed by atoms with van der Waals surface area (Å²) in [6, 6.07) is 0. The Labute approximate surface area is 72.2 Å². The third kappa shape index (κ3) is 4.62. The zero-order valence-electron chi connectivity index (χ0n) is 8.13. The predicted molar refractivity (Wildman–Crippen MR) is 43.9 cm³/mol. The maximum absolute atomic E-state index is 12.0. The van der Waals surface area contributed by atoms with Crippen LogP contribution in [0, 0.1) is 11.3 Å². The molecule has 0 fully saturated rings. The fourth-order valence-corrected chi connectivity index (χ4v) is 1.34. The largest absolute Gasteiger partial charge is 0.389 e. The van der Waals surface area contributed by atoms with Gasteiger partial charge in [0.15, 0.2) is 0 Å². The third-order valence-electron chi connectivity index (χ3n) is 2.20. The monoisotopic (exact) mass is 182 g/mol. The summed E-state index contributed by atoms with van der Waals surface area (Å²) in [6.07, 6.45) is -4.09. The quantitative estimate of drug-likeness (QED) is 0.605. The van der Waals surface area contributed by atoms with Gasteiger partial charge in [0, 0.05) is 6.42 Å². The Kier molecular flexibility index (Phi) is 3.60. The summed E-state index contributed by atoms with van der Waals surface area (Å²) in [4.78, 5) is 0. The molecule has 0 aromatic rings. The van der Waals surface area contributed by atoms with Gasteiger partial charge in [0.2, 0.25) is 0 Å². The molecule has 0 aliphatic rings. The fourth-order valence-electron chi connectivity index (χ4n) is 1.34. The molecule has 0 nitrogen and oxygen atoms in total. The standard InChI is InChI=1S/C9H17F3/c1-5-7(8(2,3)4)6-9(10,11)12/h7H,5-6H2,1-4H3/t7-/m1/s1. The lowest BCUT2D eigenvalue weighted by Gasteiger charge is -2.30. The lowest BCUT2D eigenvalue weighted by molar-refractivity contribution is -0.152. The van der Waals surface area contributed by atoms with Crippen LogP contribution in [0.5, 0.6) is 0 Å². The normalized spacial score (nSPS) is 16.2. The average Bonchev–Trinajstić information content (AvgIpc) is 1.78. The van der Waals surface area contributed by atoms with E-state index in [0.717, 1.165) is 0 Å². The molecule has 1 atom stereocenters. The van der Waals surface area contributed by atoms with Crippen LogP contribution in [0.15, 0.2) is 0 Å². The Morgan fingerprint density at radius 3 is 1.58 bits per heavy atom. The Balaban J connectivity index is 4.20. The van der Waals surface area contributed by atoms with E-state index >= 15 is 0 Å². The van der Waals surface area contributed by atoms with Crippen LogP contribution in [0.4, 0.5) is 13.2 Å². The lowest BCUT2D eigenvalue weighted by atomic mass is 9.77. The van der Waals surface area contributed by atoms with E-state index in [1.54, 1.807) is 0 Å². The molecule has 0 bridgehead atoms. The highest BCUT2D eigenvalue weighted by Gasteiger charge is 2.36. The molecule has 0 heterocycles. The molecule has 0 aromatic heterocycles. The summed E-state index contributed by atoms with van der Waals surface area (Å²) in [5.74, 6) is -0.266. The van der Waals surface area contributed by atoms with Gasteiger partial charge in [-0.2, -0.15) is 13.2 Å². The lowest BCUT2D eigenvalue weighted by Crippen LogP contribution is -2.25. The van der Waals surface area contributed by atoms with Crippen molar-refractivity contribution in [3.05, 3.63) is 0 Å². The Bertz CT molecular complexity index is 130. The summed E-state index contributed by atoms with van der Waals surface area (Å²) in [5, 5.41) is 0. The highest BCUT2D eigenvalue weighted by atomic mass is 19.4. The van der Waals surface area contributed by atoms with Gasteiger partial charge in [-0.1, -0.05) is 34.1 Å². The summed E-state index contributed by atoms with van der Waals surface area (Å²) < 4.78 is 36.1. The van der Waals surface area contributed by atoms with E-state index < -0.39 is 12.6 Å². The first kappa shape index (κ1) is 11.8. The molecule has 0 aliphatic carbocycles. The first-order chi connectivity index (χ1) is 5.17. The van der Waals surface area contributed by atoms with Crippen molar-refractivity contribution in [1.82, 2.24) is 0 Å². The molecule has 0 unspecified atom stereocenters. The van der Waals surface area contributed by atoms with Gasteiger partial charge in [-0.25, -0.2) is 0 Å². The van der Waals surface area contributed by atoms with Crippen molar-refractivity contribution < 1.29 is 13.2 Å². The van der Waals surface area contributed by atoms with Crippen LogP contribution < -0.4 is 0 Å². The van der Waals surface area contributed by atoms with E-state index in [0.29, 0.717) is 6.42 Å². The maximum Gasteiger partial charge on any atom is 0.389 e. The molecule has 0 amide bonds. The third-order valence-corrected chi connectivity index (χ3v) is 2.20. The molecule has 0 saturated heterocycles. The Morgan fingerprint density at radius 1 is 1.08 bits per heavy atom. The van der Waals surface area contributed by atoms with Gasteiger partial charge in [-0.05, 0) is 11.3 Å². The van der Waals surface area contributed by atoms with Crippen LogP contribution in [-0.4, -0.2) is 6.18 Å². The van der Waals surface area contributed by atoms with Gasteiger partial charge in [0.05, 0.1) is 0 Å². The molecule has 0 aromatic carbocycles. The topological polar surface area (TPSA) is 0 Å². The number of alkyl halides is 3. The van der Waals surface area contributed by atoms with E-state index in [1.807, 2.05) is 27.7 Å². The van der Waals surface area contributed by atoms with Crippen LogP contribution in [0.3, 0.4) is 0 Å². The van der Waals surface area contributed by atoms with Crippen molar-refractivity contribution >= 4 is 0 Å². The van der Waals surface area contributed by atoms with Gasteiger partial charge < -0.3 is 0 Å². The van der Waals surface area contributed by atoms with Gasteiger partial charge in [0.1, 0.15) is 0 Å². The average molecular weight is 182 g/mol. The number of rotatable bonds is 2. The van der Waals surface area contributed by atoms with Gasteiger partial charge in [0.25, 0.3) is 0 Å². The van der Waals surface area contributed by atoms with Crippen molar-refractivity contribution in [2.45, 2.75) is 46.7 Å². The molecule has 0 rings (SSSR count). The van der Waals surface area contributed by atoms with Crippen LogP contribution in [0.25, 0.3) is 0 Å². The van der Waals surface area contributed by atoms with E-state index in [1.165, 1.54) is 0 Å². The number of hydrogen-bond donors (Lipinski definition) is 0. The van der Waals surface area contributed by atoms with Crippen molar-refractivity contribution in [2.24, 2.45) is 11.3 Å². The van der Waals surface area contributed by atoms with Crippen LogP contribution in [-0.2, 0) is 0 Å². The predicted octanol–water partition coefficient (Wildman–Crippen LogP) is 4.01. The summed E-state index contributed by atoms with van der Waals surface area (Å²) in [6.45, 7) is 7.37. The second-order valence-corrected chi connectivity index (χ2v) is 4.29. The van der Waals surface area contributed by atoms with Crippen molar-refractivity contribution in [1.29, 1.82) is 0 Å². The summed E-state index contributed by atoms with van der Waals surface area (Å²) >= 11 is 0. The second kappa shape index (κ2) is 3.67. The van der Waals surface area contributed by atoms with E-state index in [4.69, 9.17) is 0 Å². The minimum atomic E-state index is -4.02. The van der Waals surface area contributed by atoms with E-state index in [-0.39, 0.29) is 11.3 Å². The van der Waals surface area contributed by atoms with Crippen molar-refractivity contribution in [3.8, 4) is 0 Å². The molecule has 12 heavy (non-hydrogen) atoms. The Morgan fingerprint density at radius 2 is 1.50 bits per heavy atom.